The van der Waals surface area contributed by atoms with Crippen LogP contribution in [0.4, 0.5) is 10.1 Å². The number of phenolic OH excluding ortho intramolecular Hbond substituents is 1. The summed E-state index contributed by atoms with van der Waals surface area (Å²) in [5.41, 5.74) is 13.8. The number of hydrogen-bond acceptors (Lipinski definition) is 4. The van der Waals surface area contributed by atoms with Crippen LogP contribution in [-0.4, -0.2) is 19.6 Å². The Hall–Kier alpha value is -6.79. The summed E-state index contributed by atoms with van der Waals surface area (Å²) >= 11 is 0. The second-order valence-corrected chi connectivity index (χ2v) is 17.3. The zero-order valence-corrected chi connectivity index (χ0v) is 34.7. The lowest BCUT2D eigenvalue weighted by Gasteiger charge is -2.23. The number of halogens is 1. The third kappa shape index (κ3) is 8.04. The van der Waals surface area contributed by atoms with Crippen molar-refractivity contribution < 1.29 is 9.50 Å². The van der Waals surface area contributed by atoms with Gasteiger partial charge in [-0.15, -0.1) is 0 Å². The Bertz CT molecular complexity index is 2840. The molecule has 0 saturated carbocycles. The molecule has 294 valence electrons. The number of anilines is 1. The molecule has 0 aliphatic heterocycles. The van der Waals surface area contributed by atoms with Gasteiger partial charge in [0.1, 0.15) is 17.4 Å². The van der Waals surface area contributed by atoms with Crippen molar-refractivity contribution in [3.8, 4) is 56.3 Å². The Morgan fingerprint density at radius 1 is 0.644 bits per heavy atom. The molecule has 0 spiro atoms. The number of aromatic hydroxyl groups is 1. The van der Waals surface area contributed by atoms with Crippen LogP contribution >= 0.6 is 0 Å². The monoisotopic (exact) mass is 776 g/mol. The number of phenols is 1. The molecular formula is C53H49FN4O. The largest absolute Gasteiger partial charge is 0.507 e. The number of imidazole rings is 1. The van der Waals surface area contributed by atoms with Crippen molar-refractivity contribution in [2.75, 3.05) is 5.32 Å². The van der Waals surface area contributed by atoms with Crippen LogP contribution in [-0.2, 0) is 10.8 Å². The number of aromatic nitrogens is 3. The first-order valence-electron chi connectivity index (χ1n) is 20.1. The van der Waals surface area contributed by atoms with Crippen LogP contribution in [0, 0.1) is 5.82 Å². The summed E-state index contributed by atoms with van der Waals surface area (Å²) in [5, 5.41) is 14.7. The molecule has 0 amide bonds. The number of nitrogens with one attached hydrogen (secondary N) is 1. The van der Waals surface area contributed by atoms with E-state index in [4.69, 9.17) is 9.97 Å². The van der Waals surface area contributed by atoms with E-state index in [1.54, 1.807) is 0 Å². The average Bonchev–Trinajstić information content (AvgIpc) is 3.63. The van der Waals surface area contributed by atoms with Crippen LogP contribution in [0.1, 0.15) is 65.2 Å². The third-order valence-electron chi connectivity index (χ3n) is 10.9. The minimum atomic E-state index is -0.457. The van der Waals surface area contributed by atoms with Crippen LogP contribution in [0.3, 0.4) is 0 Å². The summed E-state index contributed by atoms with van der Waals surface area (Å²) in [6.07, 6.45) is 3.89. The van der Waals surface area contributed by atoms with E-state index in [9.17, 15) is 5.11 Å². The van der Waals surface area contributed by atoms with Crippen molar-refractivity contribution in [3.05, 3.63) is 180 Å². The molecule has 6 heteroatoms. The molecule has 0 aliphatic carbocycles. The van der Waals surface area contributed by atoms with E-state index in [1.807, 2.05) is 73.1 Å². The molecule has 0 unspecified atom stereocenters. The number of benzene rings is 6. The fraction of sp³-hybridized carbons (Fsp3) is 0.170. The maximum absolute atomic E-state index is 15.1. The van der Waals surface area contributed by atoms with Crippen LogP contribution in [0.2, 0.25) is 0 Å². The minimum Gasteiger partial charge on any atom is -0.507 e. The predicted molar refractivity (Wildman–Crippen MR) is 243 cm³/mol. The van der Waals surface area contributed by atoms with Crippen molar-refractivity contribution >= 4 is 22.3 Å². The molecular weight excluding hydrogens is 728 g/mol. The maximum atomic E-state index is 15.1. The van der Waals surface area contributed by atoms with Crippen molar-refractivity contribution in [1.82, 2.24) is 14.5 Å². The van der Waals surface area contributed by atoms with E-state index >= 15 is 4.39 Å². The highest BCUT2D eigenvalue weighted by Crippen LogP contribution is 2.42. The highest BCUT2D eigenvalue weighted by molar-refractivity contribution is 5.97. The summed E-state index contributed by atoms with van der Waals surface area (Å²) in [4.78, 5) is 10.2. The van der Waals surface area contributed by atoms with Crippen LogP contribution in [0.15, 0.2) is 158 Å². The summed E-state index contributed by atoms with van der Waals surface area (Å²) in [6, 6.07) is 48.0. The number of pyridine rings is 1. The molecule has 8 rings (SSSR count). The Morgan fingerprint density at radius 3 is 2.08 bits per heavy atom. The first-order valence-corrected chi connectivity index (χ1v) is 20.1. The van der Waals surface area contributed by atoms with E-state index < -0.39 is 5.82 Å². The van der Waals surface area contributed by atoms with E-state index in [0.29, 0.717) is 11.4 Å². The zero-order chi connectivity index (χ0) is 41.5. The minimum absolute atomic E-state index is 0.0524. The molecule has 0 atom stereocenters. The lowest BCUT2D eigenvalue weighted by Crippen LogP contribution is -2.12. The lowest BCUT2D eigenvalue weighted by atomic mass is 9.83. The van der Waals surface area contributed by atoms with Gasteiger partial charge in [-0.25, -0.2) is 9.37 Å². The highest BCUT2D eigenvalue weighted by Gasteiger charge is 2.25. The second kappa shape index (κ2) is 15.5. The lowest BCUT2D eigenvalue weighted by molar-refractivity contribution is 0.474. The van der Waals surface area contributed by atoms with Gasteiger partial charge in [0.25, 0.3) is 0 Å². The van der Waals surface area contributed by atoms with E-state index in [1.165, 1.54) is 23.8 Å². The molecule has 8 aromatic rings. The van der Waals surface area contributed by atoms with Gasteiger partial charge in [-0.05, 0) is 124 Å². The van der Waals surface area contributed by atoms with Gasteiger partial charge in [-0.3, -0.25) is 9.55 Å². The third-order valence-corrected chi connectivity index (χ3v) is 10.9. The molecule has 0 aliphatic rings. The SMILES string of the molecule is C/C(=C/Nc1ccccc1)c1ccnc(-c2cc(-c3cccc4c3nc(-c3cc(F)ccc3O)n4-c3ccc(C(C)(C)C)cc3-c3ccccc3)cc(C(C)(C)C)c2)c1. The van der Waals surface area contributed by atoms with Gasteiger partial charge in [0.2, 0.25) is 0 Å². The van der Waals surface area contributed by atoms with Crippen molar-refractivity contribution in [3.63, 3.8) is 0 Å². The highest BCUT2D eigenvalue weighted by atomic mass is 19.1. The quantitative estimate of drug-likeness (QED) is 0.161. The number of nitrogens with zero attached hydrogens (tertiary/aromatic N) is 3. The molecule has 5 nitrogen and oxygen atoms in total. The molecule has 0 radical (unpaired) electrons. The van der Waals surface area contributed by atoms with E-state index in [0.717, 1.165) is 72.6 Å². The standard InChI is InChI=1S/C53H49FN4O/c1-34(33-56-42-17-12-9-13-18-42)36-25-26-55-46(30-36)38-27-37(28-40(29-38)53(5,6)7)43-19-14-20-48-50(43)57-51(45-32-41(54)22-24-49(45)59)58(48)47-23-21-39(52(2,3)4)31-44(47)35-15-10-8-11-16-35/h8-33,56,59H,1-7H3/b34-33-. The number of allylic oxidation sites excluding steroid dienone is 1. The van der Waals surface area contributed by atoms with Gasteiger partial charge in [-0.1, -0.05) is 114 Å². The Morgan fingerprint density at radius 2 is 1.36 bits per heavy atom. The van der Waals surface area contributed by atoms with E-state index in [2.05, 4.69) is 125 Å². The van der Waals surface area contributed by atoms with Crippen LogP contribution in [0.5, 0.6) is 5.75 Å². The molecule has 2 N–H and O–H groups in total. The van der Waals surface area contributed by atoms with Gasteiger partial charge in [0.15, 0.2) is 0 Å². The normalized spacial score (nSPS) is 12.2. The summed E-state index contributed by atoms with van der Waals surface area (Å²) < 4.78 is 17.2. The van der Waals surface area contributed by atoms with Crippen molar-refractivity contribution in [1.29, 1.82) is 0 Å². The summed E-state index contributed by atoms with van der Waals surface area (Å²) in [5.74, 6) is -0.0670. The Balaban J connectivity index is 1.35. The topological polar surface area (TPSA) is 63.0 Å². The smallest absolute Gasteiger partial charge is 0.149 e. The van der Waals surface area contributed by atoms with Crippen LogP contribution < -0.4 is 5.32 Å². The van der Waals surface area contributed by atoms with E-state index in [-0.39, 0.29) is 16.6 Å². The summed E-state index contributed by atoms with van der Waals surface area (Å²) in [7, 11) is 0. The Kier molecular flexibility index (Phi) is 10.3. The molecule has 2 heterocycles. The molecule has 6 aromatic carbocycles. The Labute approximate surface area is 346 Å². The number of fused-ring (bicyclic) bond motifs is 1. The second-order valence-electron chi connectivity index (χ2n) is 17.3. The fourth-order valence-electron chi connectivity index (χ4n) is 7.50. The first-order chi connectivity index (χ1) is 28.2. The van der Waals surface area contributed by atoms with Gasteiger partial charge in [-0.2, -0.15) is 0 Å². The van der Waals surface area contributed by atoms with Crippen molar-refractivity contribution in [2.45, 2.75) is 59.3 Å². The molecule has 0 bridgehead atoms. The van der Waals surface area contributed by atoms with Gasteiger partial charge < -0.3 is 10.4 Å². The zero-order valence-electron chi connectivity index (χ0n) is 34.7. The van der Waals surface area contributed by atoms with Crippen LogP contribution in [0.25, 0.3) is 67.2 Å². The molecule has 0 saturated heterocycles. The number of hydrogen-bond donors (Lipinski definition) is 2. The number of para-hydroxylation sites is 2. The molecule has 59 heavy (non-hydrogen) atoms. The maximum Gasteiger partial charge on any atom is 0.149 e. The molecule has 0 fully saturated rings. The molecule has 2 aromatic heterocycles. The van der Waals surface area contributed by atoms with Gasteiger partial charge >= 0.3 is 0 Å². The van der Waals surface area contributed by atoms with Gasteiger partial charge in [0.05, 0.1) is 28.0 Å². The first kappa shape index (κ1) is 39.1. The van der Waals surface area contributed by atoms with Crippen molar-refractivity contribution in [2.24, 2.45) is 0 Å². The predicted octanol–water partition coefficient (Wildman–Crippen LogP) is 14.0. The summed E-state index contributed by atoms with van der Waals surface area (Å²) in [6.45, 7) is 15.4. The fourth-order valence-corrected chi connectivity index (χ4v) is 7.50. The average molecular weight is 777 g/mol. The number of rotatable bonds is 8. The van der Waals surface area contributed by atoms with Gasteiger partial charge in [0, 0.05) is 34.8 Å².